The molecule has 132 valence electrons. The molecule has 0 spiro atoms. The van der Waals surface area contributed by atoms with E-state index in [-0.39, 0.29) is 0 Å². The van der Waals surface area contributed by atoms with Gasteiger partial charge in [0.2, 0.25) is 0 Å². The summed E-state index contributed by atoms with van der Waals surface area (Å²) in [7, 11) is 0. The fraction of sp³-hybridized carbons (Fsp3) is 0.182. The van der Waals surface area contributed by atoms with Crippen LogP contribution in [0.5, 0.6) is 0 Å². The van der Waals surface area contributed by atoms with Crippen molar-refractivity contribution in [3.05, 3.63) is 70.2 Å². The van der Waals surface area contributed by atoms with Crippen molar-refractivity contribution in [2.45, 2.75) is 20.3 Å². The Balaban J connectivity index is 1.87. The van der Waals surface area contributed by atoms with Crippen molar-refractivity contribution in [3.8, 4) is 0 Å². The molecule has 0 aliphatic carbocycles. The fourth-order valence-corrected chi connectivity index (χ4v) is 3.63. The largest absolute Gasteiger partial charge is 0.355 e. The highest BCUT2D eigenvalue weighted by Gasteiger charge is 2.11. The molecule has 3 aromatic carbocycles. The number of anilines is 2. The first-order valence-electron chi connectivity index (χ1n) is 8.83. The van der Waals surface area contributed by atoms with E-state index in [0.29, 0.717) is 6.54 Å². The highest BCUT2D eigenvalue weighted by atomic mass is 35.5. The lowest BCUT2D eigenvalue weighted by Gasteiger charge is -2.11. The average molecular weight is 364 g/mol. The number of rotatable bonds is 4. The molecular formula is C22H22ClN3. The maximum atomic E-state index is 6.27. The minimum Gasteiger partial charge on any atom is -0.355 e. The van der Waals surface area contributed by atoms with Crippen molar-refractivity contribution >= 4 is 44.8 Å². The summed E-state index contributed by atoms with van der Waals surface area (Å²) in [4.78, 5) is 3.56. The number of benzene rings is 3. The van der Waals surface area contributed by atoms with Gasteiger partial charge < -0.3 is 16.0 Å². The molecule has 0 unspecified atom stereocenters. The summed E-state index contributed by atoms with van der Waals surface area (Å²) >= 11 is 6.27. The van der Waals surface area contributed by atoms with Gasteiger partial charge in [-0.1, -0.05) is 29.3 Å². The molecule has 0 fully saturated rings. The number of halogens is 1. The van der Waals surface area contributed by atoms with Gasteiger partial charge in [-0.2, -0.15) is 0 Å². The molecule has 4 rings (SSSR count). The van der Waals surface area contributed by atoms with Gasteiger partial charge in [-0.05, 0) is 74.3 Å². The van der Waals surface area contributed by atoms with Gasteiger partial charge in [0.1, 0.15) is 0 Å². The van der Waals surface area contributed by atoms with Crippen molar-refractivity contribution in [1.82, 2.24) is 4.98 Å². The van der Waals surface area contributed by atoms with Crippen molar-refractivity contribution in [3.63, 3.8) is 0 Å². The molecule has 4 heteroatoms. The van der Waals surface area contributed by atoms with Crippen LogP contribution in [0.1, 0.15) is 16.7 Å². The van der Waals surface area contributed by atoms with Crippen molar-refractivity contribution in [2.24, 2.45) is 5.73 Å². The molecule has 3 nitrogen and oxygen atoms in total. The standard InChI is InChI=1S/C22H22ClN3/c1-13-3-6-21-18(9-13)19-11-17(10-15(7-8-24)22(19)26-21)25-16-5-4-14(2)20(23)12-16/h3-6,9-12,25-26H,7-8,24H2,1-2H3. The monoisotopic (exact) mass is 363 g/mol. The minimum atomic E-state index is 0.614. The van der Waals surface area contributed by atoms with E-state index in [2.05, 4.69) is 47.6 Å². The lowest BCUT2D eigenvalue weighted by molar-refractivity contribution is 0.975. The number of nitrogens with two attached hydrogens (primary N) is 1. The maximum absolute atomic E-state index is 6.27. The second-order valence-electron chi connectivity index (χ2n) is 6.86. The molecule has 4 N–H and O–H groups in total. The van der Waals surface area contributed by atoms with Crippen LogP contribution in [-0.2, 0) is 6.42 Å². The number of hydrogen-bond acceptors (Lipinski definition) is 2. The van der Waals surface area contributed by atoms with Gasteiger partial charge in [0.15, 0.2) is 0 Å². The first kappa shape index (κ1) is 17.0. The van der Waals surface area contributed by atoms with Crippen LogP contribution in [-0.4, -0.2) is 11.5 Å². The molecular weight excluding hydrogens is 342 g/mol. The first-order chi connectivity index (χ1) is 12.5. The molecule has 0 atom stereocenters. The van der Waals surface area contributed by atoms with Crippen LogP contribution in [0.2, 0.25) is 5.02 Å². The van der Waals surface area contributed by atoms with E-state index in [1.807, 2.05) is 25.1 Å². The number of aryl methyl sites for hydroxylation is 2. The number of aromatic amines is 1. The predicted octanol–water partition coefficient (Wildman–Crippen LogP) is 5.84. The Morgan fingerprint density at radius 2 is 1.81 bits per heavy atom. The van der Waals surface area contributed by atoms with Gasteiger partial charge in [0, 0.05) is 38.2 Å². The molecule has 0 aliphatic heterocycles. The number of nitrogens with one attached hydrogen (secondary N) is 2. The van der Waals surface area contributed by atoms with Gasteiger partial charge in [0.05, 0.1) is 0 Å². The summed E-state index contributed by atoms with van der Waals surface area (Å²) < 4.78 is 0. The molecule has 0 saturated heterocycles. The summed E-state index contributed by atoms with van der Waals surface area (Å²) in [6, 6.07) is 16.9. The quantitative estimate of drug-likeness (QED) is 0.427. The van der Waals surface area contributed by atoms with Crippen LogP contribution in [0.25, 0.3) is 21.8 Å². The topological polar surface area (TPSA) is 53.8 Å². The van der Waals surface area contributed by atoms with Gasteiger partial charge >= 0.3 is 0 Å². The van der Waals surface area contributed by atoms with E-state index in [9.17, 15) is 0 Å². The van der Waals surface area contributed by atoms with Gasteiger partial charge in [0.25, 0.3) is 0 Å². The highest BCUT2D eigenvalue weighted by molar-refractivity contribution is 6.31. The highest BCUT2D eigenvalue weighted by Crippen LogP contribution is 2.33. The van der Waals surface area contributed by atoms with Crippen LogP contribution in [0, 0.1) is 13.8 Å². The molecule has 0 bridgehead atoms. The predicted molar refractivity (Wildman–Crippen MR) is 113 cm³/mol. The Labute approximate surface area is 158 Å². The van der Waals surface area contributed by atoms with Crippen LogP contribution in [0.15, 0.2) is 48.5 Å². The average Bonchev–Trinajstić information content (AvgIpc) is 2.97. The molecule has 26 heavy (non-hydrogen) atoms. The van der Waals surface area contributed by atoms with Gasteiger partial charge in [-0.15, -0.1) is 0 Å². The second-order valence-corrected chi connectivity index (χ2v) is 7.27. The molecule has 1 aromatic heterocycles. The molecule has 1 heterocycles. The van der Waals surface area contributed by atoms with Crippen LogP contribution >= 0.6 is 11.6 Å². The van der Waals surface area contributed by atoms with E-state index >= 15 is 0 Å². The van der Waals surface area contributed by atoms with E-state index < -0.39 is 0 Å². The van der Waals surface area contributed by atoms with E-state index in [0.717, 1.165) is 33.9 Å². The first-order valence-corrected chi connectivity index (χ1v) is 9.21. The van der Waals surface area contributed by atoms with E-state index in [4.69, 9.17) is 17.3 Å². The Morgan fingerprint density at radius 1 is 0.962 bits per heavy atom. The second kappa shape index (κ2) is 6.67. The SMILES string of the molecule is Cc1ccc2[nH]c3c(CCN)cc(Nc4ccc(C)c(Cl)c4)cc3c2c1. The maximum Gasteiger partial charge on any atom is 0.0499 e. The van der Waals surface area contributed by atoms with Gasteiger partial charge in [-0.3, -0.25) is 0 Å². The summed E-state index contributed by atoms with van der Waals surface area (Å²) in [5.41, 5.74) is 13.8. The Morgan fingerprint density at radius 3 is 2.58 bits per heavy atom. The normalized spacial score (nSPS) is 11.4. The van der Waals surface area contributed by atoms with E-state index in [1.54, 1.807) is 0 Å². The molecule has 0 aliphatic rings. The Bertz CT molecular complexity index is 1110. The zero-order valence-corrected chi connectivity index (χ0v) is 15.7. The third-order valence-corrected chi connectivity index (χ3v) is 5.23. The number of hydrogen-bond donors (Lipinski definition) is 3. The molecule has 4 aromatic rings. The minimum absolute atomic E-state index is 0.614. The fourth-order valence-electron chi connectivity index (χ4n) is 3.45. The molecule has 0 radical (unpaired) electrons. The van der Waals surface area contributed by atoms with Gasteiger partial charge in [-0.25, -0.2) is 0 Å². The zero-order valence-electron chi connectivity index (χ0n) is 15.0. The van der Waals surface area contributed by atoms with E-state index in [1.165, 1.54) is 27.4 Å². The summed E-state index contributed by atoms with van der Waals surface area (Å²) in [5, 5.41) is 6.72. The number of aromatic nitrogens is 1. The number of H-pyrrole nitrogens is 1. The van der Waals surface area contributed by atoms with Crippen molar-refractivity contribution in [2.75, 3.05) is 11.9 Å². The number of fused-ring (bicyclic) bond motifs is 3. The smallest absolute Gasteiger partial charge is 0.0499 e. The van der Waals surface area contributed by atoms with Crippen molar-refractivity contribution in [1.29, 1.82) is 0 Å². The van der Waals surface area contributed by atoms with Crippen LogP contribution < -0.4 is 11.1 Å². The zero-order chi connectivity index (χ0) is 18.3. The van der Waals surface area contributed by atoms with Crippen LogP contribution in [0.3, 0.4) is 0 Å². The summed E-state index contributed by atoms with van der Waals surface area (Å²) in [6.07, 6.45) is 0.826. The summed E-state index contributed by atoms with van der Waals surface area (Å²) in [6.45, 7) is 4.74. The molecule has 0 amide bonds. The lowest BCUT2D eigenvalue weighted by atomic mass is 10.0. The third-order valence-electron chi connectivity index (χ3n) is 4.82. The third kappa shape index (κ3) is 3.05. The van der Waals surface area contributed by atoms with Crippen LogP contribution in [0.4, 0.5) is 11.4 Å². The Hall–Kier alpha value is -2.49. The Kier molecular flexibility index (Phi) is 4.35. The van der Waals surface area contributed by atoms with Crippen molar-refractivity contribution < 1.29 is 0 Å². The summed E-state index contributed by atoms with van der Waals surface area (Å²) in [5.74, 6) is 0. The molecule has 0 saturated carbocycles. The lowest BCUT2D eigenvalue weighted by Crippen LogP contribution is -2.04.